The van der Waals surface area contributed by atoms with E-state index in [-0.39, 0.29) is 68.6 Å². The van der Waals surface area contributed by atoms with Crippen LogP contribution in [0.4, 0.5) is 0 Å². The summed E-state index contributed by atoms with van der Waals surface area (Å²) in [5.74, 6) is -0.0387. The summed E-state index contributed by atoms with van der Waals surface area (Å²) in [7, 11) is 0. The van der Waals surface area contributed by atoms with E-state index in [0.29, 0.717) is 5.92 Å². The van der Waals surface area contributed by atoms with E-state index in [9.17, 15) is 0 Å². The van der Waals surface area contributed by atoms with Crippen LogP contribution in [0.3, 0.4) is 0 Å². The fourth-order valence-corrected chi connectivity index (χ4v) is 28.9. The maximum atomic E-state index is 2.89. The molecule has 0 heterocycles. The molecule has 0 nitrogen and oxygen atoms in total. The minimum absolute atomic E-state index is 0. The van der Waals surface area contributed by atoms with Crippen molar-refractivity contribution in [3.05, 3.63) is 161 Å². The number of hydrogen-bond donors (Lipinski definition) is 0. The smallest absolute Gasteiger partial charge is 1.00 e. The van der Waals surface area contributed by atoms with Gasteiger partial charge in [0.15, 0.2) is 0 Å². The van der Waals surface area contributed by atoms with E-state index in [0.717, 1.165) is 16.5 Å². The second kappa shape index (κ2) is 14.9. The van der Waals surface area contributed by atoms with Gasteiger partial charge in [-0.25, -0.2) is 0 Å². The van der Waals surface area contributed by atoms with Crippen molar-refractivity contribution >= 4 is 33.5 Å². The Hall–Kier alpha value is -2.74. The summed E-state index contributed by atoms with van der Waals surface area (Å²) in [5.41, 5.74) is 10.2. The van der Waals surface area contributed by atoms with Crippen molar-refractivity contribution in [3.8, 4) is 11.1 Å². The molecule has 2 fully saturated rings. The van der Waals surface area contributed by atoms with E-state index < -0.39 is 28.3 Å². The fraction of sp³-hybridized carbons (Fsp3) is 0.404. The van der Waals surface area contributed by atoms with E-state index in [1.165, 1.54) is 43.8 Å². The van der Waals surface area contributed by atoms with Crippen molar-refractivity contribution in [1.82, 2.24) is 0 Å². The van der Waals surface area contributed by atoms with E-state index >= 15 is 0 Å². The summed E-state index contributed by atoms with van der Waals surface area (Å²) >= 11 is -0.804. The Morgan fingerprint density at radius 2 is 1.31 bits per heavy atom. The van der Waals surface area contributed by atoms with Gasteiger partial charge in [-0.3, -0.25) is 0 Å². The number of hydrogen-bond acceptors (Lipinski definition) is 0. The SMILES string of the molecule is CCCC1=Cc2c(-c3c4ccccc4cc4ccccc34)cccc2C1C1=CC=CC2(C)C3(C)C=CC=CC3(C)C3(C)C4(C)C(C)=CC=CC4[CH]([Zr+2][SiH](C)C)C3(C)C12C.[Cl-].[Cl-]. The molecule has 4 aromatic rings. The second-order valence-electron chi connectivity index (χ2n) is 20.9. The normalized spacial score (nSPS) is 37.4. The molecule has 10 rings (SSSR count). The zero-order valence-electron chi connectivity index (χ0n) is 38.3. The first-order valence-corrected chi connectivity index (χ1v) is 31.3. The molecule has 0 spiro atoms. The van der Waals surface area contributed by atoms with Gasteiger partial charge < -0.3 is 24.8 Å². The van der Waals surface area contributed by atoms with Crippen molar-refractivity contribution in [1.29, 1.82) is 0 Å². The van der Waals surface area contributed by atoms with Crippen LogP contribution >= 0.6 is 0 Å². The van der Waals surface area contributed by atoms with E-state index in [1.807, 2.05) is 0 Å². The predicted molar refractivity (Wildman–Crippen MR) is 254 cm³/mol. The van der Waals surface area contributed by atoms with E-state index in [4.69, 9.17) is 0 Å². The largest absolute Gasteiger partial charge is 1.00 e. The van der Waals surface area contributed by atoms with Gasteiger partial charge in [0.25, 0.3) is 0 Å². The summed E-state index contributed by atoms with van der Waals surface area (Å²) in [6, 6.07) is 27.9. The molecule has 6 aliphatic carbocycles. The van der Waals surface area contributed by atoms with Gasteiger partial charge in [0, 0.05) is 0 Å². The quantitative estimate of drug-likeness (QED) is 0.134. The second-order valence-corrected chi connectivity index (χ2v) is 36.1. The average Bonchev–Trinajstić information content (AvgIpc) is 3.65. The van der Waals surface area contributed by atoms with Gasteiger partial charge in [-0.05, 0) is 0 Å². The molecule has 61 heavy (non-hydrogen) atoms. The van der Waals surface area contributed by atoms with Crippen LogP contribution in [-0.2, 0) is 22.4 Å². The molecular formula is C57H64Cl2SiZr. The van der Waals surface area contributed by atoms with Crippen molar-refractivity contribution in [2.75, 3.05) is 0 Å². The average molecular weight is 939 g/mol. The maximum absolute atomic E-state index is 2.89. The molecule has 0 radical (unpaired) electrons. The molecule has 0 saturated heterocycles. The molecule has 0 aliphatic heterocycles. The first-order valence-electron chi connectivity index (χ1n) is 22.7. The number of halogens is 2. The molecule has 6 aliphatic rings. The van der Waals surface area contributed by atoms with Crippen molar-refractivity contribution < 1.29 is 47.2 Å². The monoisotopic (exact) mass is 936 g/mol. The van der Waals surface area contributed by atoms with Crippen LogP contribution in [0.25, 0.3) is 38.7 Å². The minimum Gasteiger partial charge on any atom is -1.00 e. The standard InChI is InChI=1S/C55H57.C2H7Si.2ClH.Zr/c1-10-20-39-34-45-43(27-18-28-44(45)48-41-25-13-11-22-37(41)33-38-23-12-14-26-42(38)48)47(39)46-29-19-32-50(4)49(3)30-15-16-31-51(49,5)55(9)52(6,54(46,50)8)35-40-24-17-21-36(2)53(40,55)7;1-3-2;;;/h11-19,21-35,40,47H,10,20H2,1-9H3;3H,1-2H3;2*1H;/q;;;;+2/p-2. The van der Waals surface area contributed by atoms with Gasteiger partial charge in [-0.1, -0.05) is 12.1 Å². The van der Waals surface area contributed by atoms with Crippen LogP contribution in [0, 0.1) is 43.8 Å². The number of fused-ring (bicyclic) bond motifs is 11. The van der Waals surface area contributed by atoms with Crippen LogP contribution in [0.1, 0.15) is 92.2 Å². The first-order chi connectivity index (χ1) is 28.1. The van der Waals surface area contributed by atoms with Crippen molar-refractivity contribution in [2.24, 2.45) is 43.8 Å². The van der Waals surface area contributed by atoms with Crippen LogP contribution in [0.5, 0.6) is 0 Å². The van der Waals surface area contributed by atoms with Crippen LogP contribution in [0.2, 0.25) is 16.7 Å². The summed E-state index contributed by atoms with van der Waals surface area (Å²) in [6.45, 7) is 29.7. The van der Waals surface area contributed by atoms with Gasteiger partial charge in [0.2, 0.25) is 0 Å². The summed E-state index contributed by atoms with van der Waals surface area (Å²) < 4.78 is 0.723. The van der Waals surface area contributed by atoms with E-state index in [2.05, 4.69) is 215 Å². The fourth-order valence-electron chi connectivity index (χ4n) is 15.8. The molecule has 10 atom stereocenters. The van der Waals surface area contributed by atoms with Crippen LogP contribution in [0.15, 0.2) is 150 Å². The summed E-state index contributed by atoms with van der Waals surface area (Å²) in [6.07, 6.45) is 30.8. The third-order valence-corrected chi connectivity index (χ3v) is 30.2. The summed E-state index contributed by atoms with van der Waals surface area (Å²) in [4.78, 5) is 0. The van der Waals surface area contributed by atoms with Gasteiger partial charge >= 0.3 is 358 Å². The summed E-state index contributed by atoms with van der Waals surface area (Å²) in [5, 5.41) is 5.32. The zero-order valence-corrected chi connectivity index (χ0v) is 43.4. The molecule has 314 valence electrons. The molecule has 0 N–H and O–H groups in total. The number of rotatable bonds is 6. The van der Waals surface area contributed by atoms with Crippen LogP contribution < -0.4 is 24.8 Å². The van der Waals surface area contributed by atoms with Crippen LogP contribution in [-0.4, -0.2) is 5.92 Å². The van der Waals surface area contributed by atoms with Gasteiger partial charge in [0.05, 0.1) is 0 Å². The number of allylic oxidation sites excluding steroid dienone is 13. The Morgan fingerprint density at radius 1 is 0.689 bits per heavy atom. The van der Waals surface area contributed by atoms with E-state index in [1.54, 1.807) is 16.7 Å². The molecule has 2 saturated carbocycles. The molecule has 4 heteroatoms. The molecule has 10 unspecified atom stereocenters. The Balaban J connectivity index is 0.00000257. The maximum Gasteiger partial charge on any atom is -1.00 e. The molecule has 0 bridgehead atoms. The molecular weight excluding hydrogens is 875 g/mol. The topological polar surface area (TPSA) is 0 Å². The minimum atomic E-state index is -0.836. The molecule has 0 amide bonds. The first kappa shape index (κ1) is 44.9. The Labute approximate surface area is 391 Å². The zero-order chi connectivity index (χ0) is 41.5. The number of benzene rings is 4. The van der Waals surface area contributed by atoms with Crippen molar-refractivity contribution in [3.63, 3.8) is 0 Å². The Morgan fingerprint density at radius 3 is 1.95 bits per heavy atom. The van der Waals surface area contributed by atoms with Crippen molar-refractivity contribution in [2.45, 2.75) is 97.8 Å². The molecule has 0 aromatic heterocycles. The predicted octanol–water partition coefficient (Wildman–Crippen LogP) is 9.63. The van der Waals surface area contributed by atoms with Gasteiger partial charge in [0.1, 0.15) is 0 Å². The van der Waals surface area contributed by atoms with Gasteiger partial charge in [-0.15, -0.1) is 0 Å². The van der Waals surface area contributed by atoms with Gasteiger partial charge in [-0.2, -0.15) is 0 Å². The third kappa shape index (κ3) is 5.09. The third-order valence-electron chi connectivity index (χ3n) is 19.3. The molecule has 4 aromatic carbocycles. The Kier molecular flexibility index (Phi) is 11.0. The Bertz CT molecular complexity index is 2640.